The lowest BCUT2D eigenvalue weighted by Crippen LogP contribution is -2.03. The van der Waals surface area contributed by atoms with Crippen LogP contribution in [-0.4, -0.2) is 9.55 Å². The van der Waals surface area contributed by atoms with Crippen molar-refractivity contribution < 1.29 is 8.78 Å². The smallest absolute Gasteiger partial charge is 0.206 e. The molecule has 1 heterocycles. The van der Waals surface area contributed by atoms with E-state index >= 15 is 0 Å². The molecule has 0 amide bonds. The number of halogens is 2. The first kappa shape index (κ1) is 10.7. The van der Waals surface area contributed by atoms with Crippen molar-refractivity contribution in [2.75, 3.05) is 5.73 Å². The number of nitrogens with zero attached hydrogens (tertiary/aromatic N) is 2. The third kappa shape index (κ3) is 1.52. The molecular formula is C13H9F2N3. The van der Waals surface area contributed by atoms with E-state index in [-0.39, 0.29) is 11.6 Å². The van der Waals surface area contributed by atoms with Gasteiger partial charge < -0.3 is 5.73 Å². The average molecular weight is 245 g/mol. The van der Waals surface area contributed by atoms with Crippen molar-refractivity contribution in [1.29, 1.82) is 0 Å². The summed E-state index contributed by atoms with van der Waals surface area (Å²) in [7, 11) is 0. The molecule has 0 fully saturated rings. The zero-order valence-corrected chi connectivity index (χ0v) is 9.27. The quantitative estimate of drug-likeness (QED) is 0.716. The SMILES string of the molecule is Nc1nc2ccccc2n1-c1ccc(F)cc1F. The maximum Gasteiger partial charge on any atom is 0.206 e. The first-order valence-corrected chi connectivity index (χ1v) is 5.35. The first-order chi connectivity index (χ1) is 8.66. The zero-order valence-electron chi connectivity index (χ0n) is 9.27. The summed E-state index contributed by atoms with van der Waals surface area (Å²) in [5, 5.41) is 0. The molecule has 1 aromatic heterocycles. The number of para-hydroxylation sites is 2. The monoisotopic (exact) mass is 245 g/mol. The number of fused-ring (bicyclic) bond motifs is 1. The predicted octanol–water partition coefficient (Wildman–Crippen LogP) is 2.89. The van der Waals surface area contributed by atoms with Gasteiger partial charge in [0.15, 0.2) is 0 Å². The summed E-state index contributed by atoms with van der Waals surface area (Å²) in [6.45, 7) is 0. The Labute approximate surface area is 101 Å². The molecule has 0 unspecified atom stereocenters. The molecule has 5 heteroatoms. The predicted molar refractivity (Wildman–Crippen MR) is 65.4 cm³/mol. The molecule has 3 rings (SSSR count). The Kier molecular flexibility index (Phi) is 2.26. The molecule has 0 spiro atoms. The zero-order chi connectivity index (χ0) is 12.7. The van der Waals surface area contributed by atoms with Crippen molar-refractivity contribution in [2.24, 2.45) is 0 Å². The highest BCUT2D eigenvalue weighted by molar-refractivity contribution is 5.80. The van der Waals surface area contributed by atoms with Gasteiger partial charge in [0.05, 0.1) is 16.7 Å². The van der Waals surface area contributed by atoms with Gasteiger partial charge in [0.2, 0.25) is 5.95 Å². The number of hydrogen-bond donors (Lipinski definition) is 1. The highest BCUT2D eigenvalue weighted by Gasteiger charge is 2.13. The largest absolute Gasteiger partial charge is 0.369 e. The Bertz CT molecular complexity index is 734. The van der Waals surface area contributed by atoms with Gasteiger partial charge in [0.1, 0.15) is 11.6 Å². The number of imidazole rings is 1. The van der Waals surface area contributed by atoms with E-state index in [9.17, 15) is 8.78 Å². The van der Waals surface area contributed by atoms with Gasteiger partial charge >= 0.3 is 0 Å². The summed E-state index contributed by atoms with van der Waals surface area (Å²) in [4.78, 5) is 4.13. The van der Waals surface area contributed by atoms with Gasteiger partial charge in [-0.1, -0.05) is 12.1 Å². The third-order valence-corrected chi connectivity index (χ3v) is 2.74. The highest BCUT2D eigenvalue weighted by atomic mass is 19.1. The minimum atomic E-state index is -0.676. The highest BCUT2D eigenvalue weighted by Crippen LogP contribution is 2.24. The lowest BCUT2D eigenvalue weighted by molar-refractivity contribution is 0.579. The van der Waals surface area contributed by atoms with E-state index in [1.165, 1.54) is 16.7 Å². The number of rotatable bonds is 1. The molecule has 3 nitrogen and oxygen atoms in total. The van der Waals surface area contributed by atoms with Crippen LogP contribution < -0.4 is 5.73 Å². The Morgan fingerprint density at radius 3 is 2.61 bits per heavy atom. The van der Waals surface area contributed by atoms with Gasteiger partial charge in [-0.2, -0.15) is 0 Å². The normalized spacial score (nSPS) is 11.0. The number of nitrogens with two attached hydrogens (primary N) is 1. The lowest BCUT2D eigenvalue weighted by atomic mass is 10.2. The second kappa shape index (κ2) is 3.80. The molecule has 0 saturated heterocycles. The summed E-state index contributed by atoms with van der Waals surface area (Å²) in [5.74, 6) is -1.13. The van der Waals surface area contributed by atoms with Crippen LogP contribution in [0.5, 0.6) is 0 Å². The second-order valence-electron chi connectivity index (χ2n) is 3.89. The Hall–Kier alpha value is -2.43. The molecule has 2 N–H and O–H groups in total. The van der Waals surface area contributed by atoms with Crippen molar-refractivity contribution in [1.82, 2.24) is 9.55 Å². The molecular weight excluding hydrogens is 236 g/mol. The minimum absolute atomic E-state index is 0.168. The van der Waals surface area contributed by atoms with Gasteiger partial charge in [-0.25, -0.2) is 13.8 Å². The van der Waals surface area contributed by atoms with E-state index in [0.717, 1.165) is 6.07 Å². The molecule has 0 bridgehead atoms. The van der Waals surface area contributed by atoms with Gasteiger partial charge in [0.25, 0.3) is 0 Å². The third-order valence-electron chi connectivity index (χ3n) is 2.74. The summed E-state index contributed by atoms with van der Waals surface area (Å²) >= 11 is 0. The second-order valence-corrected chi connectivity index (χ2v) is 3.89. The molecule has 0 atom stereocenters. The fraction of sp³-hybridized carbons (Fsp3) is 0. The van der Waals surface area contributed by atoms with Crippen molar-refractivity contribution in [3.05, 3.63) is 54.1 Å². The topological polar surface area (TPSA) is 43.8 Å². The van der Waals surface area contributed by atoms with E-state index in [1.54, 1.807) is 18.2 Å². The summed E-state index contributed by atoms with van der Waals surface area (Å²) < 4.78 is 28.1. The molecule has 0 radical (unpaired) electrons. The summed E-state index contributed by atoms with van der Waals surface area (Å²) in [5.41, 5.74) is 7.31. The molecule has 0 saturated carbocycles. The van der Waals surface area contributed by atoms with Crippen LogP contribution in [0.2, 0.25) is 0 Å². The van der Waals surface area contributed by atoms with Crippen molar-refractivity contribution in [3.8, 4) is 5.69 Å². The molecule has 0 aliphatic rings. The standard InChI is InChI=1S/C13H9F2N3/c14-8-5-6-11(9(15)7-8)18-12-4-2-1-3-10(12)17-13(18)16/h1-7H,(H2,16,17). The fourth-order valence-corrected chi connectivity index (χ4v) is 1.96. The molecule has 0 aliphatic carbocycles. The lowest BCUT2D eigenvalue weighted by Gasteiger charge is -2.07. The van der Waals surface area contributed by atoms with Gasteiger partial charge in [-0.15, -0.1) is 0 Å². The van der Waals surface area contributed by atoms with Crippen LogP contribution in [0.4, 0.5) is 14.7 Å². The van der Waals surface area contributed by atoms with Crippen molar-refractivity contribution in [3.63, 3.8) is 0 Å². The molecule has 2 aromatic carbocycles. The maximum atomic E-state index is 13.8. The van der Waals surface area contributed by atoms with E-state index in [0.29, 0.717) is 11.0 Å². The number of hydrogen-bond acceptors (Lipinski definition) is 2. The van der Waals surface area contributed by atoms with E-state index in [4.69, 9.17) is 5.73 Å². The van der Waals surface area contributed by atoms with Crippen LogP contribution >= 0.6 is 0 Å². The number of aromatic nitrogens is 2. The molecule has 0 aliphatic heterocycles. The van der Waals surface area contributed by atoms with Crippen LogP contribution in [0.25, 0.3) is 16.7 Å². The van der Waals surface area contributed by atoms with Gasteiger partial charge in [-0.3, -0.25) is 4.57 Å². The fourth-order valence-electron chi connectivity index (χ4n) is 1.96. The van der Waals surface area contributed by atoms with Crippen molar-refractivity contribution in [2.45, 2.75) is 0 Å². The van der Waals surface area contributed by atoms with Crippen molar-refractivity contribution >= 4 is 17.0 Å². The Balaban J connectivity index is 2.34. The van der Waals surface area contributed by atoms with Gasteiger partial charge in [0, 0.05) is 6.07 Å². The Morgan fingerprint density at radius 2 is 1.83 bits per heavy atom. The average Bonchev–Trinajstić information content (AvgIpc) is 2.66. The first-order valence-electron chi connectivity index (χ1n) is 5.35. The van der Waals surface area contributed by atoms with Crippen LogP contribution in [-0.2, 0) is 0 Å². The van der Waals surface area contributed by atoms with Gasteiger partial charge in [-0.05, 0) is 24.3 Å². The molecule has 90 valence electrons. The Morgan fingerprint density at radius 1 is 1.06 bits per heavy atom. The number of nitrogen functional groups attached to an aromatic ring is 1. The van der Waals surface area contributed by atoms with Crippen LogP contribution in [0.15, 0.2) is 42.5 Å². The van der Waals surface area contributed by atoms with E-state index in [2.05, 4.69) is 4.98 Å². The number of anilines is 1. The maximum absolute atomic E-state index is 13.8. The van der Waals surface area contributed by atoms with Crippen LogP contribution in [0.1, 0.15) is 0 Å². The summed E-state index contributed by atoms with van der Waals surface area (Å²) in [6, 6.07) is 10.5. The van der Waals surface area contributed by atoms with E-state index in [1.807, 2.05) is 6.07 Å². The van der Waals surface area contributed by atoms with E-state index < -0.39 is 11.6 Å². The summed E-state index contributed by atoms with van der Waals surface area (Å²) in [6.07, 6.45) is 0. The molecule has 18 heavy (non-hydrogen) atoms. The minimum Gasteiger partial charge on any atom is -0.369 e. The van der Waals surface area contributed by atoms with Crippen LogP contribution in [0, 0.1) is 11.6 Å². The molecule has 3 aromatic rings. The number of benzene rings is 2. The van der Waals surface area contributed by atoms with Crippen LogP contribution in [0.3, 0.4) is 0 Å².